The second-order valence-electron chi connectivity index (χ2n) is 8.03. The quantitative estimate of drug-likeness (QED) is 0.772. The van der Waals surface area contributed by atoms with Crippen LogP contribution in [0.1, 0.15) is 24.1 Å². The number of piperazine rings is 1. The largest absolute Gasteiger partial charge is 0.368 e. The second kappa shape index (κ2) is 8.57. The van der Waals surface area contributed by atoms with Gasteiger partial charge in [-0.1, -0.05) is 17.7 Å². The molecule has 0 unspecified atom stereocenters. The summed E-state index contributed by atoms with van der Waals surface area (Å²) >= 11 is 6.18. The first-order valence-electron chi connectivity index (χ1n) is 10.4. The lowest BCUT2D eigenvalue weighted by Crippen LogP contribution is -2.53. The van der Waals surface area contributed by atoms with E-state index in [0.717, 1.165) is 62.2 Å². The van der Waals surface area contributed by atoms with Crippen LogP contribution in [0.4, 0.5) is 11.6 Å². The Labute approximate surface area is 177 Å². The predicted molar refractivity (Wildman–Crippen MR) is 117 cm³/mol. The number of piperidine rings is 1. The lowest BCUT2D eigenvalue weighted by Gasteiger charge is -2.40. The van der Waals surface area contributed by atoms with E-state index < -0.39 is 0 Å². The number of aromatic nitrogens is 2. The summed E-state index contributed by atoms with van der Waals surface area (Å²) in [5, 5.41) is 0.754. The maximum Gasteiger partial charge on any atom is 0.227 e. The van der Waals surface area contributed by atoms with Gasteiger partial charge in [-0.25, -0.2) is 9.97 Å². The number of aryl methyl sites for hydroxylation is 2. The van der Waals surface area contributed by atoms with Crippen molar-refractivity contribution < 1.29 is 4.79 Å². The van der Waals surface area contributed by atoms with Crippen molar-refractivity contribution in [3.8, 4) is 0 Å². The monoisotopic (exact) mass is 413 g/mol. The average Bonchev–Trinajstić information content (AvgIpc) is 2.75. The third kappa shape index (κ3) is 4.47. The van der Waals surface area contributed by atoms with Gasteiger partial charge in [-0.15, -0.1) is 0 Å². The number of anilines is 2. The van der Waals surface area contributed by atoms with Crippen LogP contribution >= 0.6 is 11.6 Å². The molecule has 1 aromatic heterocycles. The fourth-order valence-corrected chi connectivity index (χ4v) is 4.46. The normalized spacial score (nSPS) is 20.1. The van der Waals surface area contributed by atoms with E-state index in [2.05, 4.69) is 32.8 Å². The molecular weight excluding hydrogens is 386 g/mol. The molecule has 2 aliphatic rings. The highest BCUT2D eigenvalue weighted by molar-refractivity contribution is 6.30. The first kappa shape index (κ1) is 20.0. The summed E-state index contributed by atoms with van der Waals surface area (Å²) in [6.45, 7) is 8.87. The van der Waals surface area contributed by atoms with Gasteiger partial charge in [-0.3, -0.25) is 4.79 Å². The Kier molecular flexibility index (Phi) is 5.90. The van der Waals surface area contributed by atoms with Gasteiger partial charge in [0, 0.05) is 61.9 Å². The minimum atomic E-state index is 0.0207. The van der Waals surface area contributed by atoms with E-state index in [1.54, 1.807) is 6.20 Å². The molecular formula is C22H28ClN5O. The molecule has 4 rings (SSSR count). The standard InChI is InChI=1S/C22H28ClN5O/c1-16-5-6-19(23)14-20(16)26-10-12-27(13-11-26)21(29)18-4-3-9-28(15-18)22-24-8-7-17(2)25-22/h5-8,14,18H,3-4,9-13,15H2,1-2H3/t18-/m0/s1. The number of hydrogen-bond acceptors (Lipinski definition) is 5. The van der Waals surface area contributed by atoms with Gasteiger partial charge in [0.2, 0.25) is 11.9 Å². The Morgan fingerprint density at radius 3 is 2.62 bits per heavy atom. The Morgan fingerprint density at radius 2 is 1.86 bits per heavy atom. The third-order valence-electron chi connectivity index (χ3n) is 5.94. The summed E-state index contributed by atoms with van der Waals surface area (Å²) in [4.78, 5) is 28.6. The summed E-state index contributed by atoms with van der Waals surface area (Å²) in [5.41, 5.74) is 3.34. The number of hydrogen-bond donors (Lipinski definition) is 0. The van der Waals surface area contributed by atoms with Crippen LogP contribution in [0, 0.1) is 19.8 Å². The molecule has 2 aromatic rings. The van der Waals surface area contributed by atoms with E-state index in [1.807, 2.05) is 30.0 Å². The molecule has 1 amide bonds. The Hall–Kier alpha value is -2.34. The molecule has 7 heteroatoms. The van der Waals surface area contributed by atoms with Crippen molar-refractivity contribution in [2.24, 2.45) is 5.92 Å². The smallest absolute Gasteiger partial charge is 0.227 e. The summed E-state index contributed by atoms with van der Waals surface area (Å²) in [7, 11) is 0. The second-order valence-corrected chi connectivity index (χ2v) is 8.46. The zero-order valence-electron chi connectivity index (χ0n) is 17.1. The molecule has 0 bridgehead atoms. The van der Waals surface area contributed by atoms with Gasteiger partial charge in [0.15, 0.2) is 0 Å². The summed E-state index contributed by atoms with van der Waals surface area (Å²) in [5.74, 6) is 1.03. The van der Waals surface area contributed by atoms with Crippen LogP contribution in [0.15, 0.2) is 30.5 Å². The van der Waals surface area contributed by atoms with Gasteiger partial charge in [0.05, 0.1) is 5.92 Å². The molecule has 1 atom stereocenters. The van der Waals surface area contributed by atoms with Crippen LogP contribution in [0.3, 0.4) is 0 Å². The molecule has 0 N–H and O–H groups in total. The Balaban J connectivity index is 1.37. The maximum atomic E-state index is 13.2. The molecule has 0 spiro atoms. The first-order chi connectivity index (χ1) is 14.0. The van der Waals surface area contributed by atoms with Crippen molar-refractivity contribution in [1.29, 1.82) is 0 Å². The lowest BCUT2D eigenvalue weighted by atomic mass is 9.96. The Bertz CT molecular complexity index is 881. The molecule has 0 aliphatic carbocycles. The van der Waals surface area contributed by atoms with Crippen LogP contribution < -0.4 is 9.80 Å². The molecule has 2 aliphatic heterocycles. The van der Waals surface area contributed by atoms with Crippen molar-refractivity contribution in [2.75, 3.05) is 49.1 Å². The van der Waals surface area contributed by atoms with Gasteiger partial charge in [0.25, 0.3) is 0 Å². The van der Waals surface area contributed by atoms with E-state index in [4.69, 9.17) is 11.6 Å². The predicted octanol–water partition coefficient (Wildman–Crippen LogP) is 3.31. The number of carbonyl (C=O) groups is 1. The van der Waals surface area contributed by atoms with E-state index in [-0.39, 0.29) is 11.8 Å². The van der Waals surface area contributed by atoms with Crippen LogP contribution in [0.25, 0.3) is 0 Å². The van der Waals surface area contributed by atoms with Gasteiger partial charge < -0.3 is 14.7 Å². The maximum absolute atomic E-state index is 13.2. The van der Waals surface area contributed by atoms with Crippen molar-refractivity contribution in [3.05, 3.63) is 46.7 Å². The van der Waals surface area contributed by atoms with Gasteiger partial charge in [-0.05, 0) is 50.5 Å². The molecule has 154 valence electrons. The highest BCUT2D eigenvalue weighted by Gasteiger charge is 2.32. The van der Waals surface area contributed by atoms with Crippen LogP contribution in [-0.2, 0) is 4.79 Å². The van der Waals surface area contributed by atoms with E-state index in [9.17, 15) is 4.79 Å². The number of benzene rings is 1. The number of halogens is 1. The lowest BCUT2D eigenvalue weighted by molar-refractivity contribution is -0.136. The molecule has 3 heterocycles. The SMILES string of the molecule is Cc1ccnc(N2CCC[C@H](C(=O)N3CCN(c4cc(Cl)ccc4C)CC3)C2)n1. The van der Waals surface area contributed by atoms with E-state index in [0.29, 0.717) is 6.54 Å². The van der Waals surface area contributed by atoms with Crippen molar-refractivity contribution >= 4 is 29.1 Å². The molecule has 1 aromatic carbocycles. The molecule has 0 radical (unpaired) electrons. The molecule has 6 nitrogen and oxygen atoms in total. The van der Waals surface area contributed by atoms with Crippen LogP contribution in [0.2, 0.25) is 5.02 Å². The highest BCUT2D eigenvalue weighted by Crippen LogP contribution is 2.27. The van der Waals surface area contributed by atoms with Crippen LogP contribution in [-0.4, -0.2) is 60.0 Å². The van der Waals surface area contributed by atoms with Crippen molar-refractivity contribution in [1.82, 2.24) is 14.9 Å². The Morgan fingerprint density at radius 1 is 1.07 bits per heavy atom. The highest BCUT2D eigenvalue weighted by atomic mass is 35.5. The number of amides is 1. The molecule has 0 saturated carbocycles. The van der Waals surface area contributed by atoms with Gasteiger partial charge >= 0.3 is 0 Å². The molecule has 2 fully saturated rings. The van der Waals surface area contributed by atoms with Crippen LogP contribution in [0.5, 0.6) is 0 Å². The number of rotatable bonds is 3. The molecule has 2 saturated heterocycles. The van der Waals surface area contributed by atoms with Crippen molar-refractivity contribution in [3.63, 3.8) is 0 Å². The minimum absolute atomic E-state index is 0.0207. The van der Waals surface area contributed by atoms with Gasteiger partial charge in [-0.2, -0.15) is 0 Å². The van der Waals surface area contributed by atoms with Gasteiger partial charge in [0.1, 0.15) is 0 Å². The van der Waals surface area contributed by atoms with E-state index in [1.165, 1.54) is 11.3 Å². The summed E-state index contributed by atoms with van der Waals surface area (Å²) < 4.78 is 0. The number of carbonyl (C=O) groups excluding carboxylic acids is 1. The fraction of sp³-hybridized carbons (Fsp3) is 0.500. The first-order valence-corrected chi connectivity index (χ1v) is 10.7. The van der Waals surface area contributed by atoms with Crippen molar-refractivity contribution in [2.45, 2.75) is 26.7 Å². The average molecular weight is 414 g/mol. The zero-order chi connectivity index (χ0) is 20.4. The summed E-state index contributed by atoms with van der Waals surface area (Å²) in [6.07, 6.45) is 3.73. The number of nitrogens with zero attached hydrogens (tertiary/aromatic N) is 5. The minimum Gasteiger partial charge on any atom is -0.368 e. The fourth-order valence-electron chi connectivity index (χ4n) is 4.30. The van der Waals surface area contributed by atoms with E-state index >= 15 is 0 Å². The zero-order valence-corrected chi connectivity index (χ0v) is 17.9. The topological polar surface area (TPSA) is 52.6 Å². The third-order valence-corrected chi connectivity index (χ3v) is 6.17. The molecule has 29 heavy (non-hydrogen) atoms. The summed E-state index contributed by atoms with van der Waals surface area (Å²) in [6, 6.07) is 7.90.